The zero-order chi connectivity index (χ0) is 38.1. The summed E-state index contributed by atoms with van der Waals surface area (Å²) in [6.07, 6.45) is 0. The van der Waals surface area contributed by atoms with Crippen LogP contribution in [0.3, 0.4) is 0 Å². The fourth-order valence-electron chi connectivity index (χ4n) is 10.3. The van der Waals surface area contributed by atoms with Gasteiger partial charge in [-0.2, -0.15) is 0 Å². The van der Waals surface area contributed by atoms with Crippen LogP contribution < -0.4 is 4.90 Å². The van der Waals surface area contributed by atoms with Crippen molar-refractivity contribution in [3.05, 3.63) is 246 Å². The second-order valence-electron chi connectivity index (χ2n) is 16.0. The molecule has 9 aromatic rings. The lowest BCUT2D eigenvalue weighted by molar-refractivity contribution is 0.666. The Bertz CT molecular complexity index is 2940. The summed E-state index contributed by atoms with van der Waals surface area (Å²) in [7, 11) is 0. The van der Waals surface area contributed by atoms with E-state index < -0.39 is 5.41 Å². The summed E-state index contributed by atoms with van der Waals surface area (Å²) in [5.41, 5.74) is 18.2. The normalized spacial score (nSPS) is 14.1. The van der Waals surface area contributed by atoms with Crippen LogP contribution in [0.2, 0.25) is 0 Å². The van der Waals surface area contributed by atoms with Gasteiger partial charge in [0.2, 0.25) is 0 Å². The van der Waals surface area contributed by atoms with Crippen molar-refractivity contribution in [3.8, 4) is 33.4 Å². The highest BCUT2D eigenvalue weighted by molar-refractivity contribution is 6.01. The maximum Gasteiger partial charge on any atom is 0.0714 e. The van der Waals surface area contributed by atoms with E-state index >= 15 is 0 Å². The van der Waals surface area contributed by atoms with Gasteiger partial charge in [0, 0.05) is 22.2 Å². The summed E-state index contributed by atoms with van der Waals surface area (Å²) in [4.78, 5) is 2.54. The van der Waals surface area contributed by atoms with Gasteiger partial charge in [0.25, 0.3) is 0 Å². The van der Waals surface area contributed by atoms with E-state index in [2.05, 4.69) is 231 Å². The van der Waals surface area contributed by atoms with E-state index in [9.17, 15) is 0 Å². The van der Waals surface area contributed by atoms with Gasteiger partial charge >= 0.3 is 0 Å². The molecule has 0 unspecified atom stereocenters. The Kier molecular flexibility index (Phi) is 7.50. The minimum Gasteiger partial charge on any atom is -0.309 e. The van der Waals surface area contributed by atoms with Crippen LogP contribution in [0.25, 0.3) is 44.2 Å². The minimum absolute atomic E-state index is 0.201. The van der Waals surface area contributed by atoms with Crippen LogP contribution in [0, 0.1) is 0 Å². The molecule has 0 fully saturated rings. The molecule has 0 saturated heterocycles. The molecule has 0 heterocycles. The molecular formula is C56H41N. The first-order chi connectivity index (χ1) is 28.1. The number of hydrogen-bond donors (Lipinski definition) is 0. The Hall–Kier alpha value is -6.96. The fourth-order valence-corrected chi connectivity index (χ4v) is 10.3. The van der Waals surface area contributed by atoms with Crippen LogP contribution in [0.5, 0.6) is 0 Å². The molecule has 270 valence electrons. The highest BCUT2D eigenvalue weighted by Gasteiger charge is 2.47. The lowest BCUT2D eigenvalue weighted by Crippen LogP contribution is -2.28. The van der Waals surface area contributed by atoms with Gasteiger partial charge in [-0.05, 0) is 90.7 Å². The number of hydrogen-bond acceptors (Lipinski definition) is 1. The summed E-state index contributed by atoms with van der Waals surface area (Å²) in [6.45, 7) is 4.81. The Balaban J connectivity index is 1.22. The predicted molar refractivity (Wildman–Crippen MR) is 239 cm³/mol. The molecule has 0 atom stereocenters. The van der Waals surface area contributed by atoms with E-state index in [4.69, 9.17) is 0 Å². The van der Waals surface area contributed by atoms with Crippen LogP contribution in [0.4, 0.5) is 17.1 Å². The molecule has 0 aromatic heterocycles. The molecule has 9 aromatic carbocycles. The molecule has 0 saturated carbocycles. The van der Waals surface area contributed by atoms with Crippen molar-refractivity contribution in [2.75, 3.05) is 4.90 Å². The van der Waals surface area contributed by atoms with Gasteiger partial charge in [0.15, 0.2) is 0 Å². The maximum absolute atomic E-state index is 2.54. The molecule has 0 N–H and O–H groups in total. The SMILES string of the molecule is CC1(C)c2cc(N(c3ccccc3-c3ccccc3)c3cccc4c3-c3ccccc3C4(c3ccccc3)c3ccccc3)ccc2-c2ccc3ccccc3c21. The van der Waals surface area contributed by atoms with Crippen molar-refractivity contribution in [3.63, 3.8) is 0 Å². The molecule has 0 aliphatic heterocycles. The molecule has 2 aliphatic rings. The maximum atomic E-state index is 2.54. The standard InChI is InChI=1S/C56H41N/c1-55(2)50-37-42(34-36-45(50)46-35-33-39-21-12-13-27-44(39)54(46)55)57(51-31-17-15-26-43(51)38-19-6-3-7-20-38)52-32-18-30-49-53(52)47-28-14-16-29-48(47)56(49,40-22-8-4-9-23-40)41-24-10-5-11-25-41/h3-37H,1-2H3. The molecule has 1 nitrogen and oxygen atoms in total. The predicted octanol–water partition coefficient (Wildman–Crippen LogP) is 14.6. The Morgan fingerprint density at radius 3 is 1.72 bits per heavy atom. The molecule has 57 heavy (non-hydrogen) atoms. The van der Waals surface area contributed by atoms with Crippen LogP contribution in [0.15, 0.2) is 212 Å². The summed E-state index contributed by atoms with van der Waals surface area (Å²) < 4.78 is 0. The second kappa shape index (κ2) is 12.8. The van der Waals surface area contributed by atoms with Crippen LogP contribution >= 0.6 is 0 Å². The van der Waals surface area contributed by atoms with E-state index in [1.54, 1.807) is 0 Å². The van der Waals surface area contributed by atoms with Gasteiger partial charge in [0.1, 0.15) is 0 Å². The third-order valence-electron chi connectivity index (χ3n) is 12.7. The average molecular weight is 728 g/mol. The first-order valence-corrected chi connectivity index (χ1v) is 20.0. The molecule has 11 rings (SSSR count). The van der Waals surface area contributed by atoms with Gasteiger partial charge in [-0.25, -0.2) is 0 Å². The zero-order valence-corrected chi connectivity index (χ0v) is 32.2. The summed E-state index contributed by atoms with van der Waals surface area (Å²) in [6, 6.07) is 78.7. The summed E-state index contributed by atoms with van der Waals surface area (Å²) >= 11 is 0. The van der Waals surface area contributed by atoms with Crippen molar-refractivity contribution < 1.29 is 0 Å². The van der Waals surface area contributed by atoms with Gasteiger partial charge < -0.3 is 4.90 Å². The van der Waals surface area contributed by atoms with Crippen LogP contribution in [-0.4, -0.2) is 0 Å². The monoisotopic (exact) mass is 727 g/mol. The highest BCUT2D eigenvalue weighted by Crippen LogP contribution is 2.60. The third kappa shape index (κ3) is 4.82. The first-order valence-electron chi connectivity index (χ1n) is 20.0. The molecular weight excluding hydrogens is 687 g/mol. The second-order valence-corrected chi connectivity index (χ2v) is 16.0. The Morgan fingerprint density at radius 1 is 0.386 bits per heavy atom. The zero-order valence-electron chi connectivity index (χ0n) is 32.2. The van der Waals surface area contributed by atoms with Crippen molar-refractivity contribution in [2.45, 2.75) is 24.7 Å². The average Bonchev–Trinajstić information content (AvgIpc) is 3.71. The number of nitrogens with zero attached hydrogens (tertiary/aromatic N) is 1. The molecule has 2 aliphatic carbocycles. The van der Waals surface area contributed by atoms with Crippen molar-refractivity contribution in [1.82, 2.24) is 0 Å². The topological polar surface area (TPSA) is 3.24 Å². The molecule has 0 bridgehead atoms. The molecule has 0 amide bonds. The smallest absolute Gasteiger partial charge is 0.0714 e. The van der Waals surface area contributed by atoms with Gasteiger partial charge in [-0.3, -0.25) is 0 Å². The van der Waals surface area contributed by atoms with Crippen LogP contribution in [-0.2, 0) is 10.8 Å². The molecule has 0 spiro atoms. The number of para-hydroxylation sites is 1. The lowest BCUT2D eigenvalue weighted by Gasteiger charge is -2.35. The van der Waals surface area contributed by atoms with Gasteiger partial charge in [-0.1, -0.05) is 202 Å². The van der Waals surface area contributed by atoms with E-state index in [1.165, 1.54) is 77.5 Å². The number of anilines is 3. The van der Waals surface area contributed by atoms with E-state index in [0.29, 0.717) is 0 Å². The fraction of sp³-hybridized carbons (Fsp3) is 0.0714. The lowest BCUT2D eigenvalue weighted by atomic mass is 9.68. The van der Waals surface area contributed by atoms with Gasteiger partial charge in [-0.15, -0.1) is 0 Å². The number of rotatable bonds is 6. The largest absolute Gasteiger partial charge is 0.309 e. The minimum atomic E-state index is -0.502. The Morgan fingerprint density at radius 2 is 0.965 bits per heavy atom. The van der Waals surface area contributed by atoms with E-state index in [0.717, 1.165) is 17.1 Å². The quantitative estimate of drug-likeness (QED) is 0.165. The molecule has 1 heteroatoms. The van der Waals surface area contributed by atoms with E-state index in [-0.39, 0.29) is 5.41 Å². The van der Waals surface area contributed by atoms with Crippen LogP contribution in [0.1, 0.15) is 47.2 Å². The number of benzene rings is 9. The Labute approximate surface area is 335 Å². The number of fused-ring (bicyclic) bond motifs is 8. The molecule has 0 radical (unpaired) electrons. The van der Waals surface area contributed by atoms with Crippen molar-refractivity contribution >= 4 is 27.8 Å². The summed E-state index contributed by atoms with van der Waals surface area (Å²) in [5.74, 6) is 0. The summed E-state index contributed by atoms with van der Waals surface area (Å²) in [5, 5.41) is 2.62. The van der Waals surface area contributed by atoms with Crippen molar-refractivity contribution in [2.24, 2.45) is 0 Å². The van der Waals surface area contributed by atoms with E-state index in [1.807, 2.05) is 0 Å². The first kappa shape index (κ1) is 33.4. The highest BCUT2D eigenvalue weighted by atomic mass is 15.1. The third-order valence-corrected chi connectivity index (χ3v) is 12.7. The van der Waals surface area contributed by atoms with Crippen molar-refractivity contribution in [1.29, 1.82) is 0 Å². The van der Waals surface area contributed by atoms with Gasteiger partial charge in [0.05, 0.1) is 16.8 Å².